The number of aliphatic hydroxyl groups is 1. The van der Waals surface area contributed by atoms with Crippen molar-refractivity contribution in [3.8, 4) is 0 Å². The summed E-state index contributed by atoms with van der Waals surface area (Å²) in [6.07, 6.45) is 13.0. The third-order valence-electron chi connectivity index (χ3n) is 3.76. The molecule has 0 amide bonds. The summed E-state index contributed by atoms with van der Waals surface area (Å²) in [6.45, 7) is 1.81. The summed E-state index contributed by atoms with van der Waals surface area (Å²) in [6, 6.07) is 0. The zero-order valence-corrected chi connectivity index (χ0v) is 17.8. The van der Waals surface area contributed by atoms with E-state index in [1.807, 2.05) is 0 Å². The predicted octanol–water partition coefficient (Wildman–Crippen LogP) is 0.598. The van der Waals surface area contributed by atoms with Crippen molar-refractivity contribution in [2.45, 2.75) is 89.2 Å². The molecule has 0 aromatic rings. The molecule has 0 bridgehead atoms. The largest absolute Gasteiger partial charge is 1.00 e. The van der Waals surface area contributed by atoms with Crippen LogP contribution in [0.15, 0.2) is 0 Å². The van der Waals surface area contributed by atoms with Gasteiger partial charge in [-0.05, 0) is 19.8 Å². The van der Waals surface area contributed by atoms with Gasteiger partial charge in [-0.15, -0.1) is 0 Å². The molecular weight excluding hydrogens is 315 g/mol. The Kier molecular flexibility index (Phi) is 19.3. The molecule has 0 aromatic heterocycles. The molecule has 0 aromatic carbocycles. The summed E-state index contributed by atoms with van der Waals surface area (Å²) in [5.74, 6) is 0. The average Bonchev–Trinajstić information content (AvgIpc) is 2.38. The topological polar surface area (TPSA) is 77.4 Å². The van der Waals surface area contributed by atoms with Gasteiger partial charge in [-0.3, -0.25) is 0 Å². The summed E-state index contributed by atoms with van der Waals surface area (Å²) in [7, 11) is -4.08. The minimum atomic E-state index is -4.08. The SMILES string of the molecule is CC(CCCCCCCCCCCCCO)S(=O)(=O)[O-].[K+]. The van der Waals surface area contributed by atoms with Gasteiger partial charge in [0.1, 0.15) is 0 Å². The number of rotatable bonds is 14. The molecule has 0 rings (SSSR count). The quantitative estimate of drug-likeness (QED) is 0.284. The van der Waals surface area contributed by atoms with Crippen LogP contribution in [0.2, 0.25) is 0 Å². The standard InChI is InChI=1S/C15H32O4S.K/c1-15(20(17,18)19)13-11-9-7-5-3-2-4-6-8-10-12-14-16;/h15-16H,2-14H2,1H3,(H,17,18,19);/q;+1/p-1. The fourth-order valence-electron chi connectivity index (χ4n) is 2.28. The minimum Gasteiger partial charge on any atom is -0.748 e. The molecule has 0 saturated heterocycles. The maximum absolute atomic E-state index is 10.7. The zero-order valence-electron chi connectivity index (χ0n) is 13.8. The zero-order chi connectivity index (χ0) is 15.3. The second-order valence-corrected chi connectivity index (χ2v) is 7.50. The Bertz CT molecular complexity index is 307. The Balaban J connectivity index is 0. The third kappa shape index (κ3) is 17.7. The molecule has 1 N–H and O–H groups in total. The minimum absolute atomic E-state index is 0. The molecule has 0 saturated carbocycles. The van der Waals surface area contributed by atoms with E-state index in [4.69, 9.17) is 5.11 Å². The van der Waals surface area contributed by atoms with Gasteiger partial charge >= 0.3 is 51.4 Å². The fourth-order valence-corrected chi connectivity index (χ4v) is 2.73. The maximum atomic E-state index is 10.7. The molecule has 1 atom stereocenters. The predicted molar refractivity (Wildman–Crippen MR) is 81.6 cm³/mol. The Morgan fingerprint density at radius 2 is 1.14 bits per heavy atom. The molecule has 4 nitrogen and oxygen atoms in total. The molecular formula is C15H31KO4S. The monoisotopic (exact) mass is 346 g/mol. The maximum Gasteiger partial charge on any atom is 1.00 e. The molecule has 1 unspecified atom stereocenters. The van der Waals surface area contributed by atoms with E-state index < -0.39 is 15.4 Å². The van der Waals surface area contributed by atoms with Crippen molar-refractivity contribution >= 4 is 10.1 Å². The molecule has 0 aliphatic rings. The van der Waals surface area contributed by atoms with E-state index in [1.165, 1.54) is 45.4 Å². The van der Waals surface area contributed by atoms with Gasteiger partial charge in [0.05, 0.1) is 10.1 Å². The van der Waals surface area contributed by atoms with Crippen LogP contribution in [0.1, 0.15) is 84.0 Å². The summed E-state index contributed by atoms with van der Waals surface area (Å²) in [4.78, 5) is 0. The van der Waals surface area contributed by atoms with E-state index in [2.05, 4.69) is 0 Å². The van der Waals surface area contributed by atoms with Crippen LogP contribution in [0.4, 0.5) is 0 Å². The second kappa shape index (κ2) is 16.4. The first-order valence-electron chi connectivity index (χ1n) is 8.04. The third-order valence-corrected chi connectivity index (χ3v) is 4.98. The Morgan fingerprint density at radius 3 is 1.48 bits per heavy atom. The van der Waals surface area contributed by atoms with Gasteiger partial charge in [0, 0.05) is 11.9 Å². The molecule has 0 aliphatic heterocycles. The summed E-state index contributed by atoms with van der Waals surface area (Å²) < 4.78 is 32.1. The van der Waals surface area contributed by atoms with Crippen LogP contribution in [0.25, 0.3) is 0 Å². The van der Waals surface area contributed by atoms with Crippen LogP contribution in [0.3, 0.4) is 0 Å². The van der Waals surface area contributed by atoms with Crippen LogP contribution in [0.5, 0.6) is 0 Å². The van der Waals surface area contributed by atoms with E-state index in [0.29, 0.717) is 13.0 Å². The Morgan fingerprint density at radius 1 is 0.810 bits per heavy atom. The molecule has 0 fully saturated rings. The van der Waals surface area contributed by atoms with Gasteiger partial charge in [0.2, 0.25) is 0 Å². The van der Waals surface area contributed by atoms with Gasteiger partial charge in [0.15, 0.2) is 0 Å². The van der Waals surface area contributed by atoms with E-state index in [9.17, 15) is 13.0 Å². The first kappa shape index (κ1) is 24.8. The number of hydrogen-bond acceptors (Lipinski definition) is 4. The normalized spacial score (nSPS) is 12.9. The van der Waals surface area contributed by atoms with Crippen LogP contribution in [0, 0.1) is 0 Å². The fraction of sp³-hybridized carbons (Fsp3) is 1.00. The summed E-state index contributed by atoms with van der Waals surface area (Å²) >= 11 is 0. The van der Waals surface area contributed by atoms with Crippen molar-refractivity contribution in [2.24, 2.45) is 0 Å². The average molecular weight is 347 g/mol. The second-order valence-electron chi connectivity index (χ2n) is 5.70. The van der Waals surface area contributed by atoms with Crippen LogP contribution >= 0.6 is 0 Å². The van der Waals surface area contributed by atoms with Gasteiger partial charge in [0.25, 0.3) is 0 Å². The number of unbranched alkanes of at least 4 members (excludes halogenated alkanes) is 10. The van der Waals surface area contributed by atoms with E-state index in [-0.39, 0.29) is 51.4 Å². The van der Waals surface area contributed by atoms with Crippen molar-refractivity contribution in [2.75, 3.05) is 6.61 Å². The molecule has 122 valence electrons. The molecule has 0 aliphatic carbocycles. The van der Waals surface area contributed by atoms with Crippen molar-refractivity contribution < 1.29 is 69.5 Å². The van der Waals surface area contributed by atoms with Gasteiger partial charge < -0.3 is 9.66 Å². The molecule has 0 heterocycles. The number of aliphatic hydroxyl groups excluding tert-OH is 1. The molecule has 0 spiro atoms. The smallest absolute Gasteiger partial charge is 0.748 e. The van der Waals surface area contributed by atoms with E-state index in [1.54, 1.807) is 0 Å². The summed E-state index contributed by atoms with van der Waals surface area (Å²) in [5.41, 5.74) is 0. The van der Waals surface area contributed by atoms with Crippen molar-refractivity contribution in [3.05, 3.63) is 0 Å². The van der Waals surface area contributed by atoms with Crippen molar-refractivity contribution in [3.63, 3.8) is 0 Å². The van der Waals surface area contributed by atoms with E-state index >= 15 is 0 Å². The molecule has 0 radical (unpaired) electrons. The van der Waals surface area contributed by atoms with Gasteiger partial charge in [-0.2, -0.15) is 0 Å². The van der Waals surface area contributed by atoms with Crippen molar-refractivity contribution in [1.82, 2.24) is 0 Å². The Labute approximate surface area is 173 Å². The van der Waals surface area contributed by atoms with Gasteiger partial charge in [-0.1, -0.05) is 64.2 Å². The molecule has 21 heavy (non-hydrogen) atoms. The van der Waals surface area contributed by atoms with E-state index in [0.717, 1.165) is 32.1 Å². The first-order chi connectivity index (χ1) is 9.48. The molecule has 6 heteroatoms. The van der Waals surface area contributed by atoms with Crippen molar-refractivity contribution in [1.29, 1.82) is 0 Å². The van der Waals surface area contributed by atoms with Crippen LogP contribution in [-0.2, 0) is 10.1 Å². The Hall–Kier alpha value is 1.51. The summed E-state index contributed by atoms with van der Waals surface area (Å²) in [5, 5.41) is 7.90. The van der Waals surface area contributed by atoms with Crippen LogP contribution < -0.4 is 51.4 Å². The first-order valence-corrected chi connectivity index (χ1v) is 9.51. The van der Waals surface area contributed by atoms with Crippen LogP contribution in [-0.4, -0.2) is 29.9 Å². The van der Waals surface area contributed by atoms with Gasteiger partial charge in [-0.25, -0.2) is 8.42 Å². The number of hydrogen-bond donors (Lipinski definition) is 1.